The third-order valence-electron chi connectivity index (χ3n) is 2.12. The van der Waals surface area contributed by atoms with Gasteiger partial charge >= 0.3 is 0 Å². The fraction of sp³-hybridized carbons (Fsp3) is 0.417. The van der Waals surface area contributed by atoms with Crippen LogP contribution in [0.4, 0.5) is 0 Å². The first-order valence-corrected chi connectivity index (χ1v) is 6.05. The van der Waals surface area contributed by atoms with Crippen LogP contribution in [0.3, 0.4) is 0 Å². The molecule has 16 heavy (non-hydrogen) atoms. The molecule has 0 bridgehead atoms. The number of thioether (sulfide) groups is 1. The number of hydrogen-bond donors (Lipinski definition) is 0. The molecule has 1 unspecified atom stereocenters. The Morgan fingerprint density at radius 3 is 2.50 bits per heavy atom. The maximum absolute atomic E-state index is 11.0. The fourth-order valence-electron chi connectivity index (χ4n) is 1.26. The molecule has 88 valence electrons. The quantitative estimate of drug-likeness (QED) is 0.689. The molecular weight excluding hydrogens is 222 g/mol. The Balaban J connectivity index is 2.55. The van der Waals surface area contributed by atoms with Gasteiger partial charge in [-0.25, -0.2) is 0 Å². The highest BCUT2D eigenvalue weighted by atomic mass is 32.2. The Hall–Kier alpha value is -1.00. The highest BCUT2D eigenvalue weighted by Crippen LogP contribution is 2.24. The normalized spacial score (nSPS) is 12.7. The molecule has 0 saturated carbocycles. The molecule has 1 aromatic carbocycles. The molecule has 0 N–H and O–H groups in total. The van der Waals surface area contributed by atoms with Crippen LogP contribution in [-0.2, 0) is 4.79 Å². The lowest BCUT2D eigenvalue weighted by Crippen LogP contribution is -2.35. The van der Waals surface area contributed by atoms with Crippen LogP contribution in [0.5, 0.6) is 0 Å². The average molecular weight is 238 g/mol. The van der Waals surface area contributed by atoms with Crippen molar-refractivity contribution in [2.45, 2.75) is 16.6 Å². The Labute approximate surface area is 100 Å². The van der Waals surface area contributed by atoms with Crippen LogP contribution in [0.1, 0.15) is 6.42 Å². The maximum atomic E-state index is 11.0. The Morgan fingerprint density at radius 2 is 2.00 bits per heavy atom. The molecule has 0 fully saturated rings. The van der Waals surface area contributed by atoms with Crippen molar-refractivity contribution >= 4 is 17.7 Å². The molecule has 1 aromatic rings. The molecule has 0 aliphatic heterocycles. The summed E-state index contributed by atoms with van der Waals surface area (Å²) in [4.78, 5) is 13.9. The van der Waals surface area contributed by atoms with Crippen LogP contribution >= 0.6 is 11.8 Å². The van der Waals surface area contributed by atoms with Gasteiger partial charge in [-0.15, -0.1) is 11.8 Å². The second-order valence-corrected chi connectivity index (χ2v) is 5.11. The smallest absolute Gasteiger partial charge is 0.0548 e. The van der Waals surface area contributed by atoms with E-state index < -0.39 is 11.2 Å². The van der Waals surface area contributed by atoms with E-state index in [9.17, 15) is 9.90 Å². The van der Waals surface area contributed by atoms with E-state index in [0.717, 1.165) is 11.4 Å². The van der Waals surface area contributed by atoms with Gasteiger partial charge < -0.3 is 14.8 Å². The number of benzene rings is 1. The SMILES string of the molecule is CN(C)CCC(Sc1ccccc1)C(=O)[O-]. The average Bonchev–Trinajstić information content (AvgIpc) is 2.25. The number of carboxylic acid groups (broad SMARTS) is 1. The molecule has 1 atom stereocenters. The van der Waals surface area contributed by atoms with Gasteiger partial charge in [-0.3, -0.25) is 0 Å². The minimum Gasteiger partial charge on any atom is -0.549 e. The lowest BCUT2D eigenvalue weighted by Gasteiger charge is -2.19. The summed E-state index contributed by atoms with van der Waals surface area (Å²) >= 11 is 1.35. The second-order valence-electron chi connectivity index (χ2n) is 3.83. The van der Waals surface area contributed by atoms with Crippen LogP contribution in [0.15, 0.2) is 35.2 Å². The van der Waals surface area contributed by atoms with Crippen LogP contribution in [-0.4, -0.2) is 36.8 Å². The predicted molar refractivity (Wildman–Crippen MR) is 64.3 cm³/mol. The molecule has 1 rings (SSSR count). The van der Waals surface area contributed by atoms with Gasteiger partial charge in [0.15, 0.2) is 0 Å². The highest BCUT2D eigenvalue weighted by molar-refractivity contribution is 8.00. The summed E-state index contributed by atoms with van der Waals surface area (Å²) in [6, 6.07) is 9.55. The van der Waals surface area contributed by atoms with Gasteiger partial charge in [-0.05, 0) is 39.2 Å². The topological polar surface area (TPSA) is 43.4 Å². The number of carbonyl (C=O) groups excluding carboxylic acids is 1. The molecule has 0 aromatic heterocycles. The monoisotopic (exact) mass is 238 g/mol. The first-order chi connectivity index (χ1) is 7.59. The summed E-state index contributed by atoms with van der Waals surface area (Å²) < 4.78 is 0. The molecule has 0 amide bonds. The first kappa shape index (κ1) is 13.1. The summed E-state index contributed by atoms with van der Waals surface area (Å²) in [5, 5.41) is 10.5. The number of carbonyl (C=O) groups is 1. The number of nitrogens with zero attached hydrogens (tertiary/aromatic N) is 1. The van der Waals surface area contributed by atoms with Crippen molar-refractivity contribution in [3.8, 4) is 0 Å². The number of rotatable bonds is 6. The van der Waals surface area contributed by atoms with Crippen molar-refractivity contribution in [1.82, 2.24) is 4.90 Å². The van der Waals surface area contributed by atoms with Crippen LogP contribution in [0.25, 0.3) is 0 Å². The van der Waals surface area contributed by atoms with Crippen molar-refractivity contribution < 1.29 is 9.90 Å². The van der Waals surface area contributed by atoms with Gasteiger partial charge in [0.25, 0.3) is 0 Å². The molecular formula is C12H16NO2S-. The van der Waals surface area contributed by atoms with Gasteiger partial charge in [-0.2, -0.15) is 0 Å². The summed E-state index contributed by atoms with van der Waals surface area (Å²) in [7, 11) is 3.86. The summed E-state index contributed by atoms with van der Waals surface area (Å²) in [6.45, 7) is 0.748. The molecule has 0 saturated heterocycles. The largest absolute Gasteiger partial charge is 0.549 e. The van der Waals surface area contributed by atoms with E-state index >= 15 is 0 Å². The van der Waals surface area contributed by atoms with Gasteiger partial charge in [0, 0.05) is 4.90 Å². The third-order valence-corrected chi connectivity index (χ3v) is 3.38. The van der Waals surface area contributed by atoms with E-state index in [-0.39, 0.29) is 0 Å². The van der Waals surface area contributed by atoms with Crippen molar-refractivity contribution in [3.63, 3.8) is 0 Å². The summed E-state index contributed by atoms with van der Waals surface area (Å²) in [6.07, 6.45) is 0.592. The molecule has 0 aliphatic carbocycles. The summed E-state index contributed by atoms with van der Waals surface area (Å²) in [5.74, 6) is -0.990. The molecule has 3 nitrogen and oxygen atoms in total. The van der Waals surface area contributed by atoms with Crippen molar-refractivity contribution in [1.29, 1.82) is 0 Å². The summed E-state index contributed by atoms with van der Waals surface area (Å²) in [5.41, 5.74) is 0. The van der Waals surface area contributed by atoms with Gasteiger partial charge in [0.2, 0.25) is 0 Å². The highest BCUT2D eigenvalue weighted by Gasteiger charge is 2.11. The van der Waals surface area contributed by atoms with E-state index in [0.29, 0.717) is 6.42 Å². The van der Waals surface area contributed by atoms with E-state index in [1.54, 1.807) is 0 Å². The lowest BCUT2D eigenvalue weighted by atomic mass is 10.3. The minimum absolute atomic E-state index is 0.482. The maximum Gasteiger partial charge on any atom is 0.0548 e. The number of hydrogen-bond acceptors (Lipinski definition) is 4. The minimum atomic E-state index is -0.990. The molecule has 0 aliphatic rings. The Morgan fingerprint density at radius 1 is 1.38 bits per heavy atom. The first-order valence-electron chi connectivity index (χ1n) is 5.17. The third kappa shape index (κ3) is 4.68. The van der Waals surface area contributed by atoms with E-state index in [4.69, 9.17) is 0 Å². The second kappa shape index (κ2) is 6.55. The van der Waals surface area contributed by atoms with Crippen LogP contribution < -0.4 is 5.11 Å². The molecule has 0 heterocycles. The van der Waals surface area contributed by atoms with Gasteiger partial charge in [0.1, 0.15) is 0 Å². The standard InChI is InChI=1S/C12H17NO2S/c1-13(2)9-8-11(12(14)15)16-10-6-4-3-5-7-10/h3-7,11H,8-9H2,1-2H3,(H,14,15)/p-1. The lowest BCUT2D eigenvalue weighted by molar-refractivity contribution is -0.304. The molecule has 4 heteroatoms. The zero-order valence-corrected chi connectivity index (χ0v) is 10.4. The number of aliphatic carboxylic acids is 1. The Kier molecular flexibility index (Phi) is 5.35. The van der Waals surface area contributed by atoms with Crippen molar-refractivity contribution in [2.24, 2.45) is 0 Å². The molecule has 0 spiro atoms. The zero-order valence-electron chi connectivity index (χ0n) is 9.55. The van der Waals surface area contributed by atoms with E-state index in [2.05, 4.69) is 0 Å². The zero-order chi connectivity index (χ0) is 12.0. The fourth-order valence-corrected chi connectivity index (χ4v) is 2.23. The van der Waals surface area contributed by atoms with Crippen molar-refractivity contribution in [3.05, 3.63) is 30.3 Å². The molecule has 0 radical (unpaired) electrons. The Bertz CT molecular complexity index is 327. The van der Waals surface area contributed by atoms with Crippen molar-refractivity contribution in [2.75, 3.05) is 20.6 Å². The van der Waals surface area contributed by atoms with E-state index in [1.807, 2.05) is 49.3 Å². The number of carboxylic acids is 1. The van der Waals surface area contributed by atoms with E-state index in [1.165, 1.54) is 11.8 Å². The predicted octanol–water partition coefficient (Wildman–Crippen LogP) is 0.849. The van der Waals surface area contributed by atoms with Gasteiger partial charge in [0.05, 0.1) is 11.2 Å². The van der Waals surface area contributed by atoms with Crippen LogP contribution in [0.2, 0.25) is 0 Å². The van der Waals surface area contributed by atoms with Gasteiger partial charge in [-0.1, -0.05) is 18.2 Å². The van der Waals surface area contributed by atoms with Crippen LogP contribution in [0, 0.1) is 0 Å².